The van der Waals surface area contributed by atoms with Crippen LogP contribution in [0.3, 0.4) is 0 Å². The minimum atomic E-state index is -4.63. The van der Waals surface area contributed by atoms with Crippen LogP contribution in [-0.4, -0.2) is 55.3 Å². The fraction of sp³-hybridized carbons (Fsp3) is 0.500. The molecule has 0 spiro atoms. The Morgan fingerprint density at radius 2 is 1.72 bits per heavy atom. The van der Waals surface area contributed by atoms with E-state index in [1.54, 1.807) is 36.4 Å². The number of hydrogen-bond donors (Lipinski definition) is 1. The number of carbonyl (C=O) groups is 1. The standard InChI is InChI=1S/C28H31F4N3O4/c1-38-21-8-9-23(29)25(15-21)34-12-10-20(11-13-34)39-19-6-4-18(5-7-19)35-24(16-26(36)37)22(14-17-2-3-17)27(33-35)28(30,31)32/h4-9,15,17,20,22,24H,2-3,10-14,16H2,1H3,(H,36,37). The van der Waals surface area contributed by atoms with Gasteiger partial charge in [0.05, 0.1) is 30.9 Å². The third-order valence-electron chi connectivity index (χ3n) is 7.64. The van der Waals surface area contributed by atoms with Gasteiger partial charge >= 0.3 is 12.1 Å². The molecular formula is C28H31F4N3O4. The molecule has 210 valence electrons. The third-order valence-corrected chi connectivity index (χ3v) is 7.64. The summed E-state index contributed by atoms with van der Waals surface area (Å²) in [5.74, 6) is -1.15. The third kappa shape index (κ3) is 6.23. The summed E-state index contributed by atoms with van der Waals surface area (Å²) in [5, 5.41) is 14.6. The van der Waals surface area contributed by atoms with Crippen LogP contribution in [0.25, 0.3) is 0 Å². The number of ether oxygens (including phenoxy) is 2. The lowest BCUT2D eigenvalue weighted by molar-refractivity contribution is -0.137. The largest absolute Gasteiger partial charge is 0.497 e. The summed E-state index contributed by atoms with van der Waals surface area (Å²) in [5.41, 5.74) is -0.0328. The molecule has 1 saturated heterocycles. The maximum absolute atomic E-state index is 14.3. The zero-order chi connectivity index (χ0) is 27.7. The Labute approximate surface area is 224 Å². The number of rotatable bonds is 9. The predicted octanol–water partition coefficient (Wildman–Crippen LogP) is 5.88. The first kappa shape index (κ1) is 27.1. The number of hydrazone groups is 1. The molecule has 2 fully saturated rings. The lowest BCUT2D eigenvalue weighted by Gasteiger charge is -2.34. The number of nitrogens with zero attached hydrogens (tertiary/aromatic N) is 3. The molecule has 0 bridgehead atoms. The first-order valence-electron chi connectivity index (χ1n) is 13.1. The van der Waals surface area contributed by atoms with Gasteiger partial charge in [0.1, 0.15) is 29.1 Å². The van der Waals surface area contributed by atoms with Gasteiger partial charge < -0.3 is 19.5 Å². The van der Waals surface area contributed by atoms with Crippen LogP contribution < -0.4 is 19.4 Å². The number of carboxylic acid groups (broad SMARTS) is 1. The molecule has 0 radical (unpaired) electrons. The van der Waals surface area contributed by atoms with Gasteiger partial charge in [0.2, 0.25) is 0 Å². The van der Waals surface area contributed by atoms with Crippen molar-refractivity contribution in [2.24, 2.45) is 16.9 Å². The number of aliphatic carboxylic acids is 1. The molecule has 2 aromatic carbocycles. The predicted molar refractivity (Wildman–Crippen MR) is 138 cm³/mol. The monoisotopic (exact) mass is 549 g/mol. The van der Waals surface area contributed by atoms with E-state index in [4.69, 9.17) is 9.47 Å². The minimum Gasteiger partial charge on any atom is -0.497 e. The highest BCUT2D eigenvalue weighted by Crippen LogP contribution is 2.44. The molecule has 2 unspecified atom stereocenters. The van der Waals surface area contributed by atoms with Gasteiger partial charge in [-0.2, -0.15) is 18.3 Å². The van der Waals surface area contributed by atoms with Crippen molar-refractivity contribution in [2.75, 3.05) is 30.1 Å². The lowest BCUT2D eigenvalue weighted by atomic mass is 9.87. The smallest absolute Gasteiger partial charge is 0.431 e. The van der Waals surface area contributed by atoms with Crippen LogP contribution >= 0.6 is 0 Å². The first-order chi connectivity index (χ1) is 18.6. The van der Waals surface area contributed by atoms with Gasteiger partial charge in [0.25, 0.3) is 0 Å². The number of methoxy groups -OCH3 is 1. The van der Waals surface area contributed by atoms with Crippen LogP contribution in [0.4, 0.5) is 28.9 Å². The highest BCUT2D eigenvalue weighted by atomic mass is 19.4. The fourth-order valence-electron chi connectivity index (χ4n) is 5.47. The second-order valence-corrected chi connectivity index (χ2v) is 10.4. The molecule has 2 heterocycles. The molecule has 2 aliphatic heterocycles. The van der Waals surface area contributed by atoms with Crippen LogP contribution in [0.2, 0.25) is 0 Å². The summed E-state index contributed by atoms with van der Waals surface area (Å²) in [6.45, 7) is 1.18. The zero-order valence-electron chi connectivity index (χ0n) is 21.5. The van der Waals surface area contributed by atoms with Crippen LogP contribution in [0.15, 0.2) is 47.6 Å². The molecule has 2 aromatic rings. The van der Waals surface area contributed by atoms with Crippen molar-refractivity contribution in [3.05, 3.63) is 48.3 Å². The van der Waals surface area contributed by atoms with Crippen molar-refractivity contribution < 1.29 is 36.9 Å². The molecule has 11 heteroatoms. The van der Waals surface area contributed by atoms with E-state index >= 15 is 0 Å². The highest BCUT2D eigenvalue weighted by molar-refractivity contribution is 5.96. The van der Waals surface area contributed by atoms with Crippen molar-refractivity contribution in [3.8, 4) is 11.5 Å². The second-order valence-electron chi connectivity index (χ2n) is 10.4. The van der Waals surface area contributed by atoms with Crippen molar-refractivity contribution in [3.63, 3.8) is 0 Å². The molecule has 7 nitrogen and oxygen atoms in total. The quantitative estimate of drug-likeness (QED) is 0.394. The topological polar surface area (TPSA) is 74.6 Å². The molecule has 3 aliphatic rings. The average molecular weight is 550 g/mol. The van der Waals surface area contributed by atoms with Crippen molar-refractivity contribution in [2.45, 2.75) is 56.8 Å². The molecule has 1 N–H and O–H groups in total. The molecule has 0 aromatic heterocycles. The molecule has 1 aliphatic carbocycles. The van der Waals surface area contributed by atoms with E-state index < -0.39 is 36.2 Å². The van der Waals surface area contributed by atoms with Gasteiger partial charge in [-0.15, -0.1) is 0 Å². The van der Waals surface area contributed by atoms with Crippen molar-refractivity contribution in [1.82, 2.24) is 0 Å². The lowest BCUT2D eigenvalue weighted by Crippen LogP contribution is -2.39. The number of carboxylic acids is 1. The maximum atomic E-state index is 14.3. The van der Waals surface area contributed by atoms with E-state index in [2.05, 4.69) is 5.10 Å². The number of benzene rings is 2. The molecule has 2 atom stereocenters. The number of halogens is 4. The maximum Gasteiger partial charge on any atom is 0.431 e. The van der Waals surface area contributed by atoms with Gasteiger partial charge in [-0.3, -0.25) is 9.80 Å². The summed E-state index contributed by atoms with van der Waals surface area (Å²) in [7, 11) is 1.53. The zero-order valence-corrected chi connectivity index (χ0v) is 21.5. The first-order valence-corrected chi connectivity index (χ1v) is 13.1. The van der Waals surface area contributed by atoms with Crippen LogP contribution in [0.5, 0.6) is 11.5 Å². The van der Waals surface area contributed by atoms with Gasteiger partial charge in [0, 0.05) is 37.9 Å². The summed E-state index contributed by atoms with van der Waals surface area (Å²) in [4.78, 5) is 13.5. The second kappa shape index (κ2) is 10.9. The van der Waals surface area contributed by atoms with Gasteiger partial charge in [0.15, 0.2) is 0 Å². The number of alkyl halides is 3. The van der Waals surface area contributed by atoms with Gasteiger partial charge in [-0.25, -0.2) is 4.39 Å². The summed E-state index contributed by atoms with van der Waals surface area (Å²) in [6, 6.07) is 10.3. The number of hydrogen-bond acceptors (Lipinski definition) is 6. The molecular weight excluding hydrogens is 518 g/mol. The summed E-state index contributed by atoms with van der Waals surface area (Å²) >= 11 is 0. The molecule has 39 heavy (non-hydrogen) atoms. The average Bonchev–Trinajstić information content (AvgIpc) is 3.65. The van der Waals surface area contributed by atoms with E-state index in [9.17, 15) is 27.5 Å². The number of piperidine rings is 1. The highest BCUT2D eigenvalue weighted by Gasteiger charge is 2.52. The van der Waals surface area contributed by atoms with Crippen molar-refractivity contribution in [1.29, 1.82) is 0 Å². The molecule has 5 rings (SSSR count). The number of anilines is 2. The molecule has 0 amide bonds. The van der Waals surface area contributed by atoms with E-state index in [0.717, 1.165) is 12.8 Å². The summed E-state index contributed by atoms with van der Waals surface area (Å²) < 4.78 is 67.2. The van der Waals surface area contributed by atoms with E-state index in [1.165, 1.54) is 18.2 Å². The van der Waals surface area contributed by atoms with E-state index in [0.29, 0.717) is 48.8 Å². The van der Waals surface area contributed by atoms with Crippen LogP contribution in [-0.2, 0) is 4.79 Å². The Hall–Kier alpha value is -3.50. The van der Waals surface area contributed by atoms with Crippen LogP contribution in [0, 0.1) is 17.7 Å². The molecule has 1 saturated carbocycles. The minimum absolute atomic E-state index is 0.106. The van der Waals surface area contributed by atoms with E-state index in [-0.39, 0.29) is 24.3 Å². The normalized spacial score (nSPS) is 22.1. The fourth-order valence-corrected chi connectivity index (χ4v) is 5.47. The van der Waals surface area contributed by atoms with Gasteiger partial charge in [-0.05, 0) is 48.7 Å². The summed E-state index contributed by atoms with van der Waals surface area (Å²) in [6.07, 6.45) is -1.85. The van der Waals surface area contributed by atoms with E-state index in [1.807, 2.05) is 4.90 Å². The van der Waals surface area contributed by atoms with Crippen LogP contribution in [0.1, 0.15) is 38.5 Å². The Kier molecular flexibility index (Phi) is 7.59. The Balaban J connectivity index is 1.25. The Bertz CT molecular complexity index is 1210. The van der Waals surface area contributed by atoms with Gasteiger partial charge in [-0.1, -0.05) is 12.8 Å². The van der Waals surface area contributed by atoms with Crippen molar-refractivity contribution >= 4 is 23.1 Å². The SMILES string of the molecule is COc1ccc(F)c(N2CCC(Oc3ccc(N4N=C(C(F)(F)F)C(CC5CC5)C4CC(=O)O)cc3)CC2)c1. The Morgan fingerprint density at radius 3 is 2.31 bits per heavy atom. The Morgan fingerprint density at radius 1 is 1.05 bits per heavy atom.